The first kappa shape index (κ1) is 9.41. The molecule has 0 aromatic heterocycles. The Morgan fingerprint density at radius 3 is 2.73 bits per heavy atom. The molecule has 1 atom stereocenters. The van der Waals surface area contributed by atoms with Crippen molar-refractivity contribution in [2.75, 3.05) is 13.1 Å². The van der Waals surface area contributed by atoms with Crippen LogP contribution >= 0.6 is 0 Å². The summed E-state index contributed by atoms with van der Waals surface area (Å²) in [5, 5.41) is 3.48. The van der Waals surface area contributed by atoms with Crippen molar-refractivity contribution in [3.05, 3.63) is 35.4 Å². The van der Waals surface area contributed by atoms with Crippen molar-refractivity contribution < 1.29 is 0 Å². The fraction of sp³-hybridized carbons (Fsp3) is 0.571. The highest BCUT2D eigenvalue weighted by Gasteiger charge is 2.42. The fourth-order valence-electron chi connectivity index (χ4n) is 3.59. The first-order valence-electron chi connectivity index (χ1n) is 6.12. The van der Waals surface area contributed by atoms with Gasteiger partial charge in [0.1, 0.15) is 0 Å². The lowest BCUT2D eigenvalue weighted by atomic mass is 9.74. The Bertz CT molecular complexity index is 363. The van der Waals surface area contributed by atoms with E-state index in [1.54, 1.807) is 11.1 Å². The Balaban J connectivity index is 2.06. The first-order valence-corrected chi connectivity index (χ1v) is 6.12. The van der Waals surface area contributed by atoms with E-state index in [9.17, 15) is 0 Å². The van der Waals surface area contributed by atoms with Crippen LogP contribution in [0.5, 0.6) is 0 Å². The summed E-state index contributed by atoms with van der Waals surface area (Å²) >= 11 is 0. The summed E-state index contributed by atoms with van der Waals surface area (Å²) in [6, 6.07) is 9.09. The minimum atomic E-state index is 0.515. The van der Waals surface area contributed by atoms with E-state index in [0.29, 0.717) is 5.41 Å². The van der Waals surface area contributed by atoms with Crippen LogP contribution in [-0.4, -0.2) is 13.1 Å². The van der Waals surface area contributed by atoms with E-state index in [0.717, 1.165) is 5.92 Å². The van der Waals surface area contributed by atoms with Gasteiger partial charge in [-0.1, -0.05) is 31.2 Å². The smallest absolute Gasteiger partial charge is 0.00143 e. The molecule has 1 saturated heterocycles. The van der Waals surface area contributed by atoms with Crippen LogP contribution < -0.4 is 5.32 Å². The second-order valence-electron chi connectivity index (χ2n) is 5.22. The van der Waals surface area contributed by atoms with E-state index in [2.05, 4.69) is 36.5 Å². The Kier molecular flexibility index (Phi) is 2.10. The molecule has 1 aromatic carbocycles. The van der Waals surface area contributed by atoms with Crippen LogP contribution in [0.4, 0.5) is 0 Å². The highest BCUT2D eigenvalue weighted by Crippen LogP contribution is 2.50. The third-order valence-electron chi connectivity index (χ3n) is 4.32. The number of piperidine rings is 1. The lowest BCUT2D eigenvalue weighted by Gasteiger charge is -2.35. The van der Waals surface area contributed by atoms with Crippen LogP contribution in [0.15, 0.2) is 24.3 Å². The average molecular weight is 201 g/mol. The summed E-state index contributed by atoms with van der Waals surface area (Å²) in [6.45, 7) is 4.78. The van der Waals surface area contributed by atoms with Crippen LogP contribution in [0.2, 0.25) is 0 Å². The lowest BCUT2D eigenvalue weighted by molar-refractivity contribution is 0.296. The van der Waals surface area contributed by atoms with Crippen molar-refractivity contribution in [3.63, 3.8) is 0 Å². The maximum atomic E-state index is 3.48. The summed E-state index contributed by atoms with van der Waals surface area (Å²) < 4.78 is 0. The van der Waals surface area contributed by atoms with Crippen molar-refractivity contribution in [2.45, 2.75) is 37.5 Å². The van der Waals surface area contributed by atoms with Gasteiger partial charge in [0.05, 0.1) is 0 Å². The molecule has 1 aliphatic heterocycles. The van der Waals surface area contributed by atoms with E-state index >= 15 is 0 Å². The van der Waals surface area contributed by atoms with Crippen LogP contribution in [0, 0.1) is 0 Å². The van der Waals surface area contributed by atoms with Crippen LogP contribution in [0.1, 0.15) is 43.2 Å². The molecule has 1 spiro atoms. The molecule has 0 unspecified atom stereocenters. The van der Waals surface area contributed by atoms with Gasteiger partial charge in [0.25, 0.3) is 0 Å². The second-order valence-corrected chi connectivity index (χ2v) is 5.22. The van der Waals surface area contributed by atoms with E-state index in [4.69, 9.17) is 0 Å². The van der Waals surface area contributed by atoms with E-state index < -0.39 is 0 Å². The summed E-state index contributed by atoms with van der Waals surface area (Å²) in [6.07, 6.45) is 4.02. The number of hydrogen-bond acceptors (Lipinski definition) is 1. The monoisotopic (exact) mass is 201 g/mol. The van der Waals surface area contributed by atoms with Gasteiger partial charge >= 0.3 is 0 Å². The normalized spacial score (nSPS) is 27.9. The SMILES string of the molecule is C[C@H]1CC2(CCNCC2)c2ccccc21. The Morgan fingerprint density at radius 2 is 1.93 bits per heavy atom. The molecule has 15 heavy (non-hydrogen) atoms. The van der Waals surface area contributed by atoms with Crippen LogP contribution in [0.25, 0.3) is 0 Å². The molecule has 1 aromatic rings. The minimum Gasteiger partial charge on any atom is -0.317 e. The van der Waals surface area contributed by atoms with Crippen molar-refractivity contribution in [2.24, 2.45) is 0 Å². The van der Waals surface area contributed by atoms with Gasteiger partial charge < -0.3 is 5.32 Å². The highest BCUT2D eigenvalue weighted by molar-refractivity contribution is 5.42. The Morgan fingerprint density at radius 1 is 1.20 bits per heavy atom. The number of hydrogen-bond donors (Lipinski definition) is 1. The third kappa shape index (κ3) is 1.33. The molecule has 1 heteroatoms. The summed E-state index contributed by atoms with van der Waals surface area (Å²) in [7, 11) is 0. The molecule has 0 radical (unpaired) electrons. The summed E-state index contributed by atoms with van der Waals surface area (Å²) in [4.78, 5) is 0. The zero-order chi connectivity index (χ0) is 10.3. The van der Waals surface area contributed by atoms with Gasteiger partial charge in [-0.3, -0.25) is 0 Å². The summed E-state index contributed by atoms with van der Waals surface area (Å²) in [5.74, 6) is 0.763. The van der Waals surface area contributed by atoms with Crippen LogP contribution in [0.3, 0.4) is 0 Å². The van der Waals surface area contributed by atoms with Gasteiger partial charge in [0.15, 0.2) is 0 Å². The lowest BCUT2D eigenvalue weighted by Crippen LogP contribution is -2.38. The number of nitrogens with one attached hydrogen (secondary N) is 1. The van der Waals surface area contributed by atoms with Gasteiger partial charge in [0, 0.05) is 0 Å². The zero-order valence-electron chi connectivity index (χ0n) is 9.42. The van der Waals surface area contributed by atoms with Crippen molar-refractivity contribution in [1.29, 1.82) is 0 Å². The zero-order valence-corrected chi connectivity index (χ0v) is 9.42. The first-order chi connectivity index (χ1) is 7.32. The second kappa shape index (κ2) is 3.34. The molecule has 80 valence electrons. The van der Waals surface area contributed by atoms with Crippen molar-refractivity contribution >= 4 is 0 Å². The molecule has 1 aliphatic carbocycles. The van der Waals surface area contributed by atoms with Gasteiger partial charge in [-0.25, -0.2) is 0 Å². The third-order valence-corrected chi connectivity index (χ3v) is 4.32. The number of fused-ring (bicyclic) bond motifs is 2. The fourth-order valence-corrected chi connectivity index (χ4v) is 3.59. The summed E-state index contributed by atoms with van der Waals surface area (Å²) in [5.41, 5.74) is 3.78. The van der Waals surface area contributed by atoms with Crippen molar-refractivity contribution in [1.82, 2.24) is 5.32 Å². The minimum absolute atomic E-state index is 0.515. The maximum Gasteiger partial charge on any atom is -0.00143 e. The molecule has 0 amide bonds. The maximum absolute atomic E-state index is 3.48. The van der Waals surface area contributed by atoms with E-state index in [1.807, 2.05) is 0 Å². The molecule has 1 N–H and O–H groups in total. The molecule has 1 nitrogen and oxygen atoms in total. The largest absolute Gasteiger partial charge is 0.317 e. The molecule has 0 saturated carbocycles. The molecular weight excluding hydrogens is 182 g/mol. The topological polar surface area (TPSA) is 12.0 Å². The van der Waals surface area contributed by atoms with Gasteiger partial charge in [-0.2, -0.15) is 0 Å². The predicted molar refractivity (Wildman–Crippen MR) is 63.3 cm³/mol. The molecule has 1 fully saturated rings. The quantitative estimate of drug-likeness (QED) is 0.680. The molecular formula is C14H19N. The van der Waals surface area contributed by atoms with Gasteiger partial charge in [-0.05, 0) is 54.8 Å². The average Bonchev–Trinajstić information content (AvgIpc) is 2.55. The van der Waals surface area contributed by atoms with Gasteiger partial charge in [0.2, 0.25) is 0 Å². The number of benzene rings is 1. The van der Waals surface area contributed by atoms with E-state index in [1.165, 1.54) is 32.4 Å². The Hall–Kier alpha value is -0.820. The standard InChI is InChI=1S/C14H19N/c1-11-10-14(6-8-15-9-7-14)13-5-3-2-4-12(11)13/h2-5,11,15H,6-10H2,1H3/t11-/m0/s1. The predicted octanol–water partition coefficient (Wildman–Crippen LogP) is 2.82. The molecule has 1 heterocycles. The highest BCUT2D eigenvalue weighted by atomic mass is 14.9. The molecule has 0 bridgehead atoms. The number of rotatable bonds is 0. The van der Waals surface area contributed by atoms with E-state index in [-0.39, 0.29) is 0 Å². The molecule has 2 aliphatic rings. The van der Waals surface area contributed by atoms with Gasteiger partial charge in [-0.15, -0.1) is 0 Å². The Labute approximate surface area is 91.9 Å². The van der Waals surface area contributed by atoms with Crippen LogP contribution in [-0.2, 0) is 5.41 Å². The molecule has 3 rings (SSSR count). The van der Waals surface area contributed by atoms with Crippen molar-refractivity contribution in [3.8, 4) is 0 Å².